The van der Waals surface area contributed by atoms with Crippen LogP contribution in [-0.2, 0) is 33.7 Å². The number of ether oxygens (including phenoxy) is 3. The van der Waals surface area contributed by atoms with Crippen LogP contribution in [0.2, 0.25) is 0 Å². The first-order chi connectivity index (χ1) is 14.7. The lowest BCUT2D eigenvalue weighted by Gasteiger charge is -2.33. The molecule has 1 aliphatic carbocycles. The van der Waals surface area contributed by atoms with Gasteiger partial charge in [-0.3, -0.25) is 0 Å². The zero-order valence-corrected chi connectivity index (χ0v) is 16.9. The fourth-order valence-electron chi connectivity index (χ4n) is 4.52. The van der Waals surface area contributed by atoms with Crippen LogP contribution in [0.5, 0.6) is 0 Å². The second-order valence-electron chi connectivity index (χ2n) is 8.04. The lowest BCUT2D eigenvalue weighted by Crippen LogP contribution is -2.39. The van der Waals surface area contributed by atoms with Crippen molar-refractivity contribution in [3.05, 3.63) is 53.5 Å². The zero-order chi connectivity index (χ0) is 20.4. The largest absolute Gasteiger partial charge is 0.445 e. The number of alkyl carbamates (subject to hydrolysis) is 1. The van der Waals surface area contributed by atoms with Crippen LogP contribution in [0.25, 0.3) is 0 Å². The molecular formula is C22H26N4O4. The van der Waals surface area contributed by atoms with Gasteiger partial charge in [0.05, 0.1) is 24.9 Å². The van der Waals surface area contributed by atoms with Gasteiger partial charge in [0, 0.05) is 31.5 Å². The van der Waals surface area contributed by atoms with Crippen LogP contribution in [0.1, 0.15) is 29.7 Å². The summed E-state index contributed by atoms with van der Waals surface area (Å²) in [6, 6.07) is 9.72. The summed E-state index contributed by atoms with van der Waals surface area (Å²) in [5.74, 6) is 0.464. The number of fused-ring (bicyclic) bond motifs is 1. The SMILES string of the molecule is O=C(N[C@@H]1CCN(c2ncnc3c2CCC2(C3)OCCO2)C1)OCc1ccccc1. The summed E-state index contributed by atoms with van der Waals surface area (Å²) >= 11 is 0. The summed E-state index contributed by atoms with van der Waals surface area (Å²) in [5.41, 5.74) is 3.16. The van der Waals surface area contributed by atoms with Gasteiger partial charge in [0.2, 0.25) is 0 Å². The molecule has 0 radical (unpaired) electrons. The van der Waals surface area contributed by atoms with Gasteiger partial charge >= 0.3 is 6.09 Å². The minimum Gasteiger partial charge on any atom is -0.445 e. The highest BCUT2D eigenvalue weighted by atomic mass is 16.7. The summed E-state index contributed by atoms with van der Waals surface area (Å²) in [5, 5.41) is 2.98. The van der Waals surface area contributed by atoms with Crippen LogP contribution >= 0.6 is 0 Å². The molecule has 1 aromatic heterocycles. The van der Waals surface area contributed by atoms with E-state index in [9.17, 15) is 4.79 Å². The number of carbonyl (C=O) groups is 1. The van der Waals surface area contributed by atoms with Crippen molar-refractivity contribution in [1.82, 2.24) is 15.3 Å². The first-order valence-electron chi connectivity index (χ1n) is 10.5. The van der Waals surface area contributed by atoms with Gasteiger partial charge < -0.3 is 24.4 Å². The van der Waals surface area contributed by atoms with Gasteiger partial charge in [-0.2, -0.15) is 0 Å². The standard InChI is InChI=1S/C22H26N4O4/c27-21(28-14-16-4-2-1-3-5-16)25-17-7-9-26(13-17)20-18-6-8-22(29-10-11-30-22)12-19(18)23-15-24-20/h1-5,15,17H,6-14H2,(H,25,27)/t17-/m1/s1. The molecule has 1 N–H and O–H groups in total. The monoisotopic (exact) mass is 410 g/mol. The molecule has 2 saturated heterocycles. The molecule has 30 heavy (non-hydrogen) atoms. The van der Waals surface area contributed by atoms with Crippen LogP contribution in [0.4, 0.5) is 10.6 Å². The molecule has 3 heterocycles. The number of nitrogens with one attached hydrogen (secondary N) is 1. The van der Waals surface area contributed by atoms with Crippen LogP contribution < -0.4 is 10.2 Å². The molecule has 1 atom stereocenters. The third-order valence-electron chi connectivity index (χ3n) is 6.04. The van der Waals surface area contributed by atoms with Gasteiger partial charge in [0.15, 0.2) is 5.79 Å². The van der Waals surface area contributed by atoms with E-state index in [1.807, 2.05) is 30.3 Å². The second kappa shape index (κ2) is 8.20. The Morgan fingerprint density at radius 2 is 2.07 bits per heavy atom. The predicted octanol–water partition coefficient (Wildman–Crippen LogP) is 2.21. The van der Waals surface area contributed by atoms with Crippen LogP contribution in [0, 0.1) is 0 Å². The van der Waals surface area contributed by atoms with Crippen LogP contribution in [0.15, 0.2) is 36.7 Å². The Labute approximate surface area is 175 Å². The topological polar surface area (TPSA) is 85.8 Å². The van der Waals surface area contributed by atoms with Gasteiger partial charge in [-0.1, -0.05) is 30.3 Å². The molecule has 0 saturated carbocycles. The number of carbonyl (C=O) groups excluding carboxylic acids is 1. The van der Waals surface area contributed by atoms with Crippen molar-refractivity contribution in [1.29, 1.82) is 0 Å². The van der Waals surface area contributed by atoms with Gasteiger partial charge in [-0.05, 0) is 18.4 Å². The first-order valence-corrected chi connectivity index (χ1v) is 10.5. The third-order valence-corrected chi connectivity index (χ3v) is 6.04. The van der Waals surface area contributed by atoms with Gasteiger partial charge in [0.1, 0.15) is 18.8 Å². The maximum Gasteiger partial charge on any atom is 0.407 e. The molecule has 1 amide bonds. The van der Waals surface area contributed by atoms with Gasteiger partial charge in [-0.15, -0.1) is 0 Å². The molecule has 3 aliphatic rings. The number of amides is 1. The molecule has 5 rings (SSSR count). The third kappa shape index (κ3) is 3.97. The molecule has 2 aromatic rings. The van der Waals surface area contributed by atoms with Crippen molar-refractivity contribution in [2.45, 2.75) is 44.1 Å². The number of anilines is 1. The van der Waals surface area contributed by atoms with E-state index >= 15 is 0 Å². The Kier molecular flexibility index (Phi) is 5.26. The molecule has 8 nitrogen and oxygen atoms in total. The van der Waals surface area contributed by atoms with Gasteiger partial charge in [-0.25, -0.2) is 14.8 Å². The van der Waals surface area contributed by atoms with Gasteiger partial charge in [0.25, 0.3) is 0 Å². The molecule has 2 fully saturated rings. The lowest BCUT2D eigenvalue weighted by atomic mass is 9.91. The van der Waals surface area contributed by atoms with E-state index in [1.54, 1.807) is 6.33 Å². The number of rotatable bonds is 4. The average Bonchev–Trinajstić information content (AvgIpc) is 3.42. The van der Waals surface area contributed by atoms with Crippen LogP contribution in [0.3, 0.4) is 0 Å². The Bertz CT molecular complexity index is 901. The number of hydrogen-bond donors (Lipinski definition) is 1. The van der Waals surface area contributed by atoms with Crippen molar-refractivity contribution in [3.8, 4) is 0 Å². The van der Waals surface area contributed by atoms with Crippen molar-refractivity contribution >= 4 is 11.9 Å². The van der Waals surface area contributed by atoms with Crippen molar-refractivity contribution in [3.63, 3.8) is 0 Å². The van der Waals surface area contributed by atoms with E-state index < -0.39 is 5.79 Å². The molecule has 2 aliphatic heterocycles. The predicted molar refractivity (Wildman–Crippen MR) is 109 cm³/mol. The Morgan fingerprint density at radius 3 is 2.90 bits per heavy atom. The van der Waals surface area contributed by atoms with Crippen molar-refractivity contribution in [2.24, 2.45) is 0 Å². The summed E-state index contributed by atoms with van der Waals surface area (Å²) in [6.07, 6.45) is 4.42. The fourth-order valence-corrected chi connectivity index (χ4v) is 4.52. The van der Waals surface area contributed by atoms with Crippen LogP contribution in [-0.4, -0.2) is 54.2 Å². The van der Waals surface area contributed by atoms with Crippen molar-refractivity contribution in [2.75, 3.05) is 31.2 Å². The molecule has 1 aromatic carbocycles. The summed E-state index contributed by atoms with van der Waals surface area (Å²) < 4.78 is 17.1. The Balaban J connectivity index is 1.19. The van der Waals surface area contributed by atoms with E-state index in [4.69, 9.17) is 14.2 Å². The van der Waals surface area contributed by atoms with E-state index in [0.29, 0.717) is 26.2 Å². The van der Waals surface area contributed by atoms with E-state index in [-0.39, 0.29) is 18.7 Å². The average molecular weight is 410 g/mol. The molecule has 158 valence electrons. The molecular weight excluding hydrogens is 384 g/mol. The number of aromatic nitrogens is 2. The minimum absolute atomic E-state index is 0.0373. The highest BCUT2D eigenvalue weighted by Gasteiger charge is 2.42. The molecule has 0 unspecified atom stereocenters. The maximum atomic E-state index is 12.2. The molecule has 8 heteroatoms. The number of hydrogen-bond acceptors (Lipinski definition) is 7. The molecule has 1 spiro atoms. The van der Waals surface area contributed by atoms with E-state index in [0.717, 1.165) is 42.9 Å². The maximum absolute atomic E-state index is 12.2. The normalized spacial score (nSPS) is 22.1. The highest BCUT2D eigenvalue weighted by molar-refractivity contribution is 5.68. The quantitative estimate of drug-likeness (QED) is 0.827. The number of nitrogens with zero attached hydrogens (tertiary/aromatic N) is 3. The smallest absolute Gasteiger partial charge is 0.407 e. The summed E-state index contributed by atoms with van der Waals surface area (Å²) in [7, 11) is 0. The minimum atomic E-state index is -0.504. The number of benzene rings is 1. The first kappa shape index (κ1) is 19.3. The Hall–Kier alpha value is -2.71. The highest BCUT2D eigenvalue weighted by Crippen LogP contribution is 2.37. The molecule has 0 bridgehead atoms. The summed E-state index contributed by atoms with van der Waals surface area (Å²) in [6.45, 7) is 3.11. The lowest BCUT2D eigenvalue weighted by molar-refractivity contribution is -0.164. The van der Waals surface area contributed by atoms with Crippen molar-refractivity contribution < 1.29 is 19.0 Å². The summed E-state index contributed by atoms with van der Waals surface area (Å²) in [4.78, 5) is 23.5. The van der Waals surface area contributed by atoms with E-state index in [1.165, 1.54) is 5.56 Å². The fraction of sp³-hybridized carbons (Fsp3) is 0.500. The Morgan fingerprint density at radius 1 is 1.23 bits per heavy atom. The van der Waals surface area contributed by atoms with E-state index in [2.05, 4.69) is 20.2 Å². The second-order valence-corrected chi connectivity index (χ2v) is 8.04. The zero-order valence-electron chi connectivity index (χ0n) is 16.9.